The Hall–Kier alpha value is -0.343. The Morgan fingerprint density at radius 1 is 0.920 bits per heavy atom. The van der Waals surface area contributed by atoms with E-state index in [1.165, 1.54) is 63.8 Å². The highest BCUT2D eigenvalue weighted by Gasteiger charge is 2.54. The van der Waals surface area contributed by atoms with Crippen LogP contribution in [0.2, 0.25) is 17.6 Å². The van der Waals surface area contributed by atoms with Crippen LogP contribution in [0.4, 0.5) is 0 Å². The van der Waals surface area contributed by atoms with E-state index in [4.69, 9.17) is 5.40 Å². The zero-order valence-electron chi connectivity index (χ0n) is 17.6. The summed E-state index contributed by atoms with van der Waals surface area (Å²) in [5.41, 5.74) is 0.313. The minimum atomic E-state index is -1.89. The molecule has 0 amide bonds. The van der Waals surface area contributed by atoms with E-state index >= 15 is 0 Å². The molecule has 144 valence electrons. The van der Waals surface area contributed by atoms with E-state index in [9.17, 15) is 0 Å². The van der Waals surface area contributed by atoms with Gasteiger partial charge in [0.05, 0.1) is 0 Å². The van der Waals surface area contributed by atoms with Crippen LogP contribution in [0.25, 0.3) is 0 Å². The molecule has 0 bridgehead atoms. The second-order valence-corrected chi connectivity index (χ2v) is 14.4. The van der Waals surface area contributed by atoms with Gasteiger partial charge in [0.25, 0.3) is 0 Å². The summed E-state index contributed by atoms with van der Waals surface area (Å²) in [6.45, 7) is 12.6. The van der Waals surface area contributed by atoms with Crippen LogP contribution in [0.15, 0.2) is 24.3 Å². The molecular formula is C23H43NSi. The highest BCUT2D eigenvalue weighted by Crippen LogP contribution is 2.60. The van der Waals surface area contributed by atoms with Crippen molar-refractivity contribution in [1.82, 2.24) is 0 Å². The fourth-order valence-electron chi connectivity index (χ4n) is 5.39. The van der Waals surface area contributed by atoms with Gasteiger partial charge in [0.1, 0.15) is 8.24 Å². The van der Waals surface area contributed by atoms with E-state index in [-0.39, 0.29) is 0 Å². The third-order valence-electron chi connectivity index (χ3n) is 8.22. The Balaban J connectivity index is 2.26. The van der Waals surface area contributed by atoms with Crippen molar-refractivity contribution >= 4 is 8.24 Å². The zero-order valence-corrected chi connectivity index (χ0v) is 18.6. The molecule has 2 heteroatoms. The normalized spacial score (nSPS) is 34.2. The summed E-state index contributed by atoms with van der Waals surface area (Å²) in [6, 6.07) is 1.20. The van der Waals surface area contributed by atoms with Crippen LogP contribution in [0.3, 0.4) is 0 Å². The molecule has 2 aliphatic rings. The Bertz CT molecular complexity index is 464. The van der Waals surface area contributed by atoms with Crippen molar-refractivity contribution in [2.75, 3.05) is 0 Å². The molecule has 0 aliphatic heterocycles. The van der Waals surface area contributed by atoms with Crippen LogP contribution in [0, 0.1) is 17.3 Å². The molecule has 1 fully saturated rings. The largest absolute Gasteiger partial charge is 0.350 e. The van der Waals surface area contributed by atoms with Crippen molar-refractivity contribution in [1.29, 1.82) is 0 Å². The summed E-state index contributed by atoms with van der Waals surface area (Å²) in [6.07, 6.45) is 21.7. The van der Waals surface area contributed by atoms with E-state index in [1.54, 1.807) is 0 Å². The first-order valence-electron chi connectivity index (χ1n) is 10.8. The molecule has 0 spiro atoms. The molecule has 25 heavy (non-hydrogen) atoms. The van der Waals surface area contributed by atoms with Gasteiger partial charge in [0.2, 0.25) is 0 Å². The lowest BCUT2D eigenvalue weighted by atomic mass is 9.66. The van der Waals surface area contributed by atoms with Gasteiger partial charge >= 0.3 is 0 Å². The maximum absolute atomic E-state index is 7.29. The summed E-state index contributed by atoms with van der Waals surface area (Å²) < 4.78 is 0. The van der Waals surface area contributed by atoms with Crippen LogP contribution in [0.5, 0.6) is 0 Å². The molecule has 0 aromatic rings. The molecule has 0 aromatic heterocycles. The minimum absolute atomic E-state index is 0.295. The van der Waals surface area contributed by atoms with E-state index in [0.29, 0.717) is 16.4 Å². The van der Waals surface area contributed by atoms with Crippen molar-refractivity contribution in [2.24, 2.45) is 22.7 Å². The van der Waals surface area contributed by atoms with Crippen molar-refractivity contribution in [2.45, 2.75) is 103 Å². The van der Waals surface area contributed by atoms with Crippen molar-refractivity contribution in [3.63, 3.8) is 0 Å². The Morgan fingerprint density at radius 2 is 1.44 bits per heavy atom. The van der Waals surface area contributed by atoms with Crippen LogP contribution in [0.1, 0.15) is 85.5 Å². The second-order valence-electron chi connectivity index (χ2n) is 10.0. The van der Waals surface area contributed by atoms with Gasteiger partial charge in [0, 0.05) is 0 Å². The smallest absolute Gasteiger partial charge is 0.127 e. The lowest BCUT2D eigenvalue weighted by Crippen LogP contribution is -2.60. The zero-order chi connectivity index (χ0) is 18.6. The quantitative estimate of drug-likeness (QED) is 0.528. The maximum atomic E-state index is 7.29. The number of hydrogen-bond acceptors (Lipinski definition) is 1. The van der Waals surface area contributed by atoms with Crippen LogP contribution >= 0.6 is 0 Å². The van der Waals surface area contributed by atoms with Gasteiger partial charge in [-0.1, -0.05) is 110 Å². The molecule has 0 saturated heterocycles. The van der Waals surface area contributed by atoms with Crippen molar-refractivity contribution in [3.05, 3.63) is 24.3 Å². The molecule has 3 unspecified atom stereocenters. The highest BCUT2D eigenvalue weighted by molar-refractivity contribution is 6.78. The lowest BCUT2D eigenvalue weighted by molar-refractivity contribution is 0.122. The molecule has 0 aromatic carbocycles. The Labute approximate surface area is 158 Å². The molecule has 0 heterocycles. The average molecular weight is 362 g/mol. The molecule has 2 rings (SSSR count). The van der Waals surface area contributed by atoms with Crippen molar-refractivity contribution < 1.29 is 0 Å². The van der Waals surface area contributed by atoms with E-state index in [2.05, 4.69) is 58.5 Å². The Morgan fingerprint density at radius 3 is 2.04 bits per heavy atom. The standard InChI is InChI=1S/C23H43NSi/c1-20-15-11-9-7-6-8-10-14-18-23(4,22(20,2)3)25(5,24)19-21-16-12-13-17-21/h12-13,16-17,20-21H,6-11,14-15,18-19,24H2,1-5H3. The average Bonchev–Trinajstić information content (AvgIpc) is 3.03. The summed E-state index contributed by atoms with van der Waals surface area (Å²) in [7, 11) is -1.89. The molecule has 2 N–H and O–H groups in total. The predicted octanol–water partition coefficient (Wildman–Crippen LogP) is 7.21. The van der Waals surface area contributed by atoms with Gasteiger partial charge in [-0.2, -0.15) is 0 Å². The monoisotopic (exact) mass is 361 g/mol. The number of allylic oxidation sites excluding steroid dienone is 4. The first-order chi connectivity index (χ1) is 11.7. The van der Waals surface area contributed by atoms with Gasteiger partial charge in [-0.05, 0) is 34.8 Å². The molecular weight excluding hydrogens is 318 g/mol. The SMILES string of the molecule is CC1CCCCCCCCCC(C)([Si](C)(N)CC2C=CC=C2)C1(C)C. The van der Waals surface area contributed by atoms with E-state index < -0.39 is 8.24 Å². The van der Waals surface area contributed by atoms with Crippen molar-refractivity contribution in [3.8, 4) is 0 Å². The number of hydrogen-bond donors (Lipinski definition) is 1. The number of nitrogens with two attached hydrogens (primary N) is 1. The lowest BCUT2D eigenvalue weighted by Gasteiger charge is -2.56. The molecule has 3 atom stereocenters. The predicted molar refractivity (Wildman–Crippen MR) is 115 cm³/mol. The summed E-state index contributed by atoms with van der Waals surface area (Å²) in [5.74, 6) is 1.33. The number of rotatable bonds is 3. The van der Waals surface area contributed by atoms with Crippen LogP contribution < -0.4 is 5.40 Å². The van der Waals surface area contributed by atoms with Crippen LogP contribution in [-0.2, 0) is 0 Å². The molecule has 1 nitrogen and oxygen atoms in total. The van der Waals surface area contributed by atoms with E-state index in [1.807, 2.05) is 0 Å². The summed E-state index contributed by atoms with van der Waals surface area (Å²) in [4.78, 5) is 0. The topological polar surface area (TPSA) is 26.0 Å². The molecule has 2 aliphatic carbocycles. The minimum Gasteiger partial charge on any atom is -0.350 e. The fourth-order valence-corrected chi connectivity index (χ4v) is 9.56. The highest BCUT2D eigenvalue weighted by atomic mass is 28.3. The Kier molecular flexibility index (Phi) is 7.18. The van der Waals surface area contributed by atoms with E-state index in [0.717, 1.165) is 5.92 Å². The van der Waals surface area contributed by atoms with Gasteiger partial charge in [-0.15, -0.1) is 0 Å². The second kappa shape index (κ2) is 8.56. The van der Waals surface area contributed by atoms with Gasteiger partial charge in [-0.25, -0.2) is 0 Å². The molecule has 0 radical (unpaired) electrons. The first-order valence-corrected chi connectivity index (χ1v) is 13.6. The summed E-state index contributed by atoms with van der Waals surface area (Å²) in [5, 5.41) is 7.59. The third kappa shape index (κ3) is 4.69. The first kappa shape index (κ1) is 21.0. The van der Waals surface area contributed by atoms with Crippen LogP contribution in [-0.4, -0.2) is 8.24 Å². The maximum Gasteiger partial charge on any atom is 0.127 e. The van der Waals surface area contributed by atoms with Gasteiger partial charge in [-0.3, -0.25) is 0 Å². The molecule has 1 saturated carbocycles. The van der Waals surface area contributed by atoms with Gasteiger partial charge in [0.15, 0.2) is 0 Å². The fraction of sp³-hybridized carbons (Fsp3) is 0.826. The summed E-state index contributed by atoms with van der Waals surface area (Å²) >= 11 is 0. The van der Waals surface area contributed by atoms with Gasteiger partial charge < -0.3 is 5.40 Å². The third-order valence-corrected chi connectivity index (χ3v) is 13.0.